The van der Waals surface area contributed by atoms with Gasteiger partial charge in [-0.2, -0.15) is 0 Å². The zero-order valence-corrected chi connectivity index (χ0v) is 15.6. The van der Waals surface area contributed by atoms with Crippen LogP contribution in [-0.2, 0) is 30.2 Å². The maximum Gasteiger partial charge on any atom is 0.306 e. The molecule has 0 aliphatic carbocycles. The molecule has 0 fully saturated rings. The number of hydrogen-bond acceptors (Lipinski definition) is 7. The fourth-order valence-corrected chi connectivity index (χ4v) is 1.97. The minimum atomic E-state index is -0.845. The Morgan fingerprint density at radius 1 is 0.962 bits per heavy atom. The first kappa shape index (κ1) is 22.2. The normalized spacial score (nSPS) is 12.0. The highest BCUT2D eigenvalue weighted by molar-refractivity contribution is 5.70. The molecule has 0 amide bonds. The van der Waals surface area contributed by atoms with Crippen molar-refractivity contribution in [3.05, 3.63) is 23.8 Å². The average molecular weight is 372 g/mol. The molecule has 148 valence electrons. The summed E-state index contributed by atoms with van der Waals surface area (Å²) in [6.45, 7) is 3.51. The van der Waals surface area contributed by atoms with Crippen LogP contribution in [0.1, 0.15) is 12.5 Å². The van der Waals surface area contributed by atoms with Gasteiger partial charge in [0.15, 0.2) is 25.1 Å². The number of methoxy groups -OCH3 is 2. The van der Waals surface area contributed by atoms with E-state index < -0.39 is 11.9 Å². The van der Waals surface area contributed by atoms with E-state index in [2.05, 4.69) is 0 Å². The Kier molecular flexibility index (Phi) is 11.4. The second-order valence-electron chi connectivity index (χ2n) is 5.55. The van der Waals surface area contributed by atoms with E-state index in [-0.39, 0.29) is 13.6 Å². The van der Waals surface area contributed by atoms with E-state index in [1.165, 1.54) is 0 Å². The molecule has 0 bridgehead atoms. The topological polar surface area (TPSA) is 92.7 Å². The van der Waals surface area contributed by atoms with Gasteiger partial charge in [-0.25, -0.2) is 0 Å². The quantitative estimate of drug-likeness (QED) is 0.369. The van der Waals surface area contributed by atoms with Crippen molar-refractivity contribution in [2.45, 2.75) is 13.3 Å². The Labute approximate surface area is 153 Å². The molecule has 0 aromatic heterocycles. The molecular weight excluding hydrogens is 344 g/mol. The van der Waals surface area contributed by atoms with Crippen molar-refractivity contribution in [3.8, 4) is 11.5 Å². The second kappa shape index (κ2) is 13.3. The molecule has 0 heterocycles. The second-order valence-corrected chi connectivity index (χ2v) is 5.55. The number of hydrogen-bond donors (Lipinski definition) is 1. The van der Waals surface area contributed by atoms with Crippen molar-refractivity contribution in [1.82, 2.24) is 0 Å². The predicted octanol–water partition coefficient (Wildman–Crippen LogP) is 1.95. The van der Waals surface area contributed by atoms with Gasteiger partial charge in [-0.3, -0.25) is 4.79 Å². The molecule has 0 aliphatic heterocycles. The molecule has 1 N–H and O–H groups in total. The molecule has 0 saturated heterocycles. The lowest BCUT2D eigenvalue weighted by molar-refractivity contribution is -0.141. The van der Waals surface area contributed by atoms with Crippen molar-refractivity contribution in [2.75, 3.05) is 54.2 Å². The summed E-state index contributed by atoms with van der Waals surface area (Å²) in [5.74, 6) is -0.385. The maximum absolute atomic E-state index is 11.0. The van der Waals surface area contributed by atoms with E-state index in [4.69, 9.17) is 33.5 Å². The summed E-state index contributed by atoms with van der Waals surface area (Å²) in [7, 11) is 3.18. The first-order chi connectivity index (χ1) is 12.6. The molecule has 0 spiro atoms. The summed E-state index contributed by atoms with van der Waals surface area (Å²) in [6.07, 6.45) is 0.390. The first-order valence-electron chi connectivity index (χ1n) is 8.33. The van der Waals surface area contributed by atoms with Crippen LogP contribution in [0.2, 0.25) is 0 Å². The lowest BCUT2D eigenvalue weighted by Gasteiger charge is -2.15. The smallest absolute Gasteiger partial charge is 0.306 e. The molecule has 1 rings (SSSR count). The van der Waals surface area contributed by atoms with Gasteiger partial charge in [0.2, 0.25) is 0 Å². The van der Waals surface area contributed by atoms with Crippen molar-refractivity contribution >= 4 is 5.97 Å². The van der Waals surface area contributed by atoms with E-state index in [1.807, 2.05) is 6.07 Å². The summed E-state index contributed by atoms with van der Waals surface area (Å²) in [5.41, 5.74) is 0.833. The van der Waals surface area contributed by atoms with Crippen LogP contribution in [0, 0.1) is 5.92 Å². The predicted molar refractivity (Wildman–Crippen MR) is 93.6 cm³/mol. The fraction of sp³-hybridized carbons (Fsp3) is 0.611. The van der Waals surface area contributed by atoms with Crippen LogP contribution in [0.4, 0.5) is 0 Å². The molecule has 0 radical (unpaired) electrons. The van der Waals surface area contributed by atoms with E-state index in [0.717, 1.165) is 5.56 Å². The number of carbonyl (C=O) groups is 1. The number of rotatable bonds is 15. The summed E-state index contributed by atoms with van der Waals surface area (Å²) in [6, 6.07) is 5.29. The molecule has 1 aromatic rings. The third kappa shape index (κ3) is 9.00. The maximum atomic E-state index is 11.0. The third-order valence-corrected chi connectivity index (χ3v) is 3.43. The molecule has 1 aromatic carbocycles. The van der Waals surface area contributed by atoms with Crippen molar-refractivity contribution < 1.29 is 38.3 Å². The van der Waals surface area contributed by atoms with E-state index in [9.17, 15) is 4.79 Å². The van der Waals surface area contributed by atoms with Gasteiger partial charge in [-0.1, -0.05) is 13.0 Å². The largest absolute Gasteiger partial charge is 0.481 e. The van der Waals surface area contributed by atoms with Crippen LogP contribution in [0.25, 0.3) is 0 Å². The third-order valence-electron chi connectivity index (χ3n) is 3.43. The monoisotopic (exact) mass is 372 g/mol. The minimum absolute atomic E-state index is 0.0299. The summed E-state index contributed by atoms with van der Waals surface area (Å²) < 4.78 is 31.6. The van der Waals surface area contributed by atoms with Crippen molar-refractivity contribution in [2.24, 2.45) is 5.92 Å². The molecule has 0 saturated carbocycles. The van der Waals surface area contributed by atoms with Crippen molar-refractivity contribution in [1.29, 1.82) is 0 Å². The first-order valence-corrected chi connectivity index (χ1v) is 8.33. The number of ether oxygens (including phenoxy) is 6. The van der Waals surface area contributed by atoms with Crippen molar-refractivity contribution in [3.63, 3.8) is 0 Å². The minimum Gasteiger partial charge on any atom is -0.481 e. The van der Waals surface area contributed by atoms with Gasteiger partial charge in [0.25, 0.3) is 0 Å². The van der Waals surface area contributed by atoms with Crippen LogP contribution in [-0.4, -0.2) is 65.3 Å². The van der Waals surface area contributed by atoms with Gasteiger partial charge in [0, 0.05) is 14.2 Å². The van der Waals surface area contributed by atoms with Crippen LogP contribution >= 0.6 is 0 Å². The number of benzene rings is 1. The average Bonchev–Trinajstić information content (AvgIpc) is 2.62. The van der Waals surface area contributed by atoms with Gasteiger partial charge < -0.3 is 33.5 Å². The molecule has 1 unspecified atom stereocenters. The molecule has 26 heavy (non-hydrogen) atoms. The Balaban J connectivity index is 2.67. The van der Waals surface area contributed by atoms with Gasteiger partial charge in [0.05, 0.1) is 32.3 Å². The van der Waals surface area contributed by atoms with Crippen LogP contribution in [0.5, 0.6) is 11.5 Å². The SMILES string of the molecule is COCCOCOc1ccc(CC(C)C(=O)O)cc1OCOCCOC. The zero-order chi connectivity index (χ0) is 19.2. The highest BCUT2D eigenvalue weighted by atomic mass is 16.7. The van der Waals surface area contributed by atoms with Crippen LogP contribution in [0.3, 0.4) is 0 Å². The number of aliphatic carboxylic acids is 1. The fourth-order valence-electron chi connectivity index (χ4n) is 1.97. The van der Waals surface area contributed by atoms with Gasteiger partial charge in [0.1, 0.15) is 0 Å². The Hall–Kier alpha value is -1.87. The molecule has 8 nitrogen and oxygen atoms in total. The Morgan fingerprint density at radius 2 is 1.54 bits per heavy atom. The summed E-state index contributed by atoms with van der Waals surface area (Å²) in [4.78, 5) is 11.0. The zero-order valence-electron chi connectivity index (χ0n) is 15.6. The highest BCUT2D eigenvalue weighted by Gasteiger charge is 2.14. The molecule has 0 aliphatic rings. The van der Waals surface area contributed by atoms with E-state index in [1.54, 1.807) is 33.3 Å². The number of carboxylic acids is 1. The molecule has 8 heteroatoms. The number of carboxylic acid groups (broad SMARTS) is 1. The lowest BCUT2D eigenvalue weighted by Crippen LogP contribution is -2.13. The van der Waals surface area contributed by atoms with Gasteiger partial charge in [-0.15, -0.1) is 0 Å². The summed E-state index contributed by atoms with van der Waals surface area (Å²) >= 11 is 0. The van der Waals surface area contributed by atoms with Gasteiger partial charge >= 0.3 is 5.97 Å². The lowest BCUT2D eigenvalue weighted by atomic mass is 10.0. The summed E-state index contributed by atoms with van der Waals surface area (Å²) in [5, 5.41) is 9.06. The van der Waals surface area contributed by atoms with E-state index in [0.29, 0.717) is 44.3 Å². The van der Waals surface area contributed by atoms with Crippen LogP contribution < -0.4 is 9.47 Å². The van der Waals surface area contributed by atoms with Gasteiger partial charge in [-0.05, 0) is 24.1 Å². The Morgan fingerprint density at radius 3 is 2.08 bits per heavy atom. The molecular formula is C18H28O8. The standard InChI is InChI=1S/C18H28O8/c1-14(18(19)20)10-15-4-5-16(25-12-23-8-6-21-2)17(11-15)26-13-24-9-7-22-3/h4-5,11,14H,6-10,12-13H2,1-3H3,(H,19,20). The van der Waals surface area contributed by atoms with E-state index >= 15 is 0 Å². The molecule has 1 atom stereocenters. The van der Waals surface area contributed by atoms with Crippen LogP contribution in [0.15, 0.2) is 18.2 Å². The Bertz CT molecular complexity index is 520. The highest BCUT2D eigenvalue weighted by Crippen LogP contribution is 2.29.